The molecule has 1 unspecified atom stereocenters. The molecule has 3 nitrogen and oxygen atoms in total. The van der Waals surface area contributed by atoms with Gasteiger partial charge in [-0.25, -0.2) is 0 Å². The maximum Gasteiger partial charge on any atom is 0.0333 e. The number of aromatic nitrogens is 2. The Bertz CT molecular complexity index is 473. The first kappa shape index (κ1) is 12.8. The predicted molar refractivity (Wildman–Crippen MR) is 74.1 cm³/mol. The molecule has 2 heterocycles. The third-order valence-corrected chi connectivity index (χ3v) is 3.26. The summed E-state index contributed by atoms with van der Waals surface area (Å²) in [6, 6.07) is 6.33. The molecule has 96 valence electrons. The highest BCUT2D eigenvalue weighted by Crippen LogP contribution is 2.19. The van der Waals surface area contributed by atoms with Crippen molar-refractivity contribution < 1.29 is 0 Å². The van der Waals surface area contributed by atoms with Gasteiger partial charge >= 0.3 is 0 Å². The summed E-state index contributed by atoms with van der Waals surface area (Å²) in [4.78, 5) is 4.12. The highest BCUT2D eigenvalue weighted by molar-refractivity contribution is 5.16. The van der Waals surface area contributed by atoms with E-state index in [9.17, 15) is 0 Å². The lowest BCUT2D eigenvalue weighted by Crippen LogP contribution is -2.15. The van der Waals surface area contributed by atoms with Crippen LogP contribution in [0.2, 0.25) is 0 Å². The van der Waals surface area contributed by atoms with Gasteiger partial charge in [-0.3, -0.25) is 4.98 Å². The SMILES string of the molecule is CC(C)C(N)c1ccn(CCc2cccnc2)c1. The Morgan fingerprint density at radius 2 is 2.17 bits per heavy atom. The molecule has 2 N–H and O–H groups in total. The molecule has 0 bridgehead atoms. The van der Waals surface area contributed by atoms with Gasteiger partial charge in [0.15, 0.2) is 0 Å². The zero-order valence-corrected chi connectivity index (χ0v) is 11.1. The van der Waals surface area contributed by atoms with Crippen molar-refractivity contribution >= 4 is 0 Å². The number of hydrogen-bond donors (Lipinski definition) is 1. The number of aryl methyl sites for hydroxylation is 2. The molecule has 0 aromatic carbocycles. The summed E-state index contributed by atoms with van der Waals surface area (Å²) in [5.41, 5.74) is 8.62. The van der Waals surface area contributed by atoms with Gasteiger partial charge in [-0.1, -0.05) is 19.9 Å². The second-order valence-electron chi connectivity index (χ2n) is 5.06. The lowest BCUT2D eigenvalue weighted by Gasteiger charge is -2.13. The molecule has 0 amide bonds. The first-order chi connectivity index (χ1) is 8.66. The van der Waals surface area contributed by atoms with Crippen LogP contribution in [0.25, 0.3) is 0 Å². The molecule has 0 aliphatic heterocycles. The molecule has 0 radical (unpaired) electrons. The highest BCUT2D eigenvalue weighted by atomic mass is 14.9. The van der Waals surface area contributed by atoms with Crippen LogP contribution in [0.3, 0.4) is 0 Å². The van der Waals surface area contributed by atoms with E-state index in [1.807, 2.05) is 12.3 Å². The first-order valence-corrected chi connectivity index (χ1v) is 6.47. The maximum absolute atomic E-state index is 6.14. The summed E-state index contributed by atoms with van der Waals surface area (Å²) in [6.45, 7) is 5.27. The zero-order chi connectivity index (χ0) is 13.0. The number of rotatable bonds is 5. The molecule has 1 atom stereocenters. The fraction of sp³-hybridized carbons (Fsp3) is 0.400. The van der Waals surface area contributed by atoms with Gasteiger partial charge in [0.2, 0.25) is 0 Å². The van der Waals surface area contributed by atoms with Crippen LogP contribution in [0.4, 0.5) is 0 Å². The fourth-order valence-electron chi connectivity index (χ4n) is 1.98. The molecule has 0 fully saturated rings. The smallest absolute Gasteiger partial charge is 0.0333 e. The Labute approximate surface area is 109 Å². The van der Waals surface area contributed by atoms with Crippen LogP contribution in [-0.2, 0) is 13.0 Å². The third kappa shape index (κ3) is 3.20. The molecule has 18 heavy (non-hydrogen) atoms. The number of nitrogens with zero attached hydrogens (tertiary/aromatic N) is 2. The van der Waals surface area contributed by atoms with Crippen molar-refractivity contribution in [3.63, 3.8) is 0 Å². The summed E-state index contributed by atoms with van der Waals surface area (Å²) in [5.74, 6) is 0.471. The third-order valence-electron chi connectivity index (χ3n) is 3.26. The van der Waals surface area contributed by atoms with Crippen molar-refractivity contribution in [2.24, 2.45) is 11.7 Å². The first-order valence-electron chi connectivity index (χ1n) is 6.47. The Kier molecular flexibility index (Phi) is 4.15. The molecule has 0 aliphatic rings. The van der Waals surface area contributed by atoms with Crippen molar-refractivity contribution in [1.29, 1.82) is 0 Å². The minimum atomic E-state index is 0.129. The molecule has 2 rings (SSSR count). The van der Waals surface area contributed by atoms with Gasteiger partial charge in [-0.15, -0.1) is 0 Å². The molecule has 2 aromatic heterocycles. The van der Waals surface area contributed by atoms with Crippen LogP contribution in [0.1, 0.15) is 31.0 Å². The van der Waals surface area contributed by atoms with Crippen LogP contribution in [0.5, 0.6) is 0 Å². The zero-order valence-electron chi connectivity index (χ0n) is 11.1. The van der Waals surface area contributed by atoms with Crippen molar-refractivity contribution in [3.8, 4) is 0 Å². The predicted octanol–water partition coefficient (Wildman–Crippen LogP) is 2.78. The second-order valence-corrected chi connectivity index (χ2v) is 5.06. The van der Waals surface area contributed by atoms with Crippen molar-refractivity contribution in [2.45, 2.75) is 32.9 Å². The summed E-state index contributed by atoms with van der Waals surface area (Å²) in [7, 11) is 0. The topological polar surface area (TPSA) is 43.8 Å². The average Bonchev–Trinajstić information content (AvgIpc) is 2.85. The van der Waals surface area contributed by atoms with Gasteiger partial charge in [-0.05, 0) is 35.6 Å². The van der Waals surface area contributed by atoms with E-state index in [4.69, 9.17) is 5.73 Å². The summed E-state index contributed by atoms with van der Waals surface area (Å²) < 4.78 is 2.20. The lowest BCUT2D eigenvalue weighted by molar-refractivity contribution is 0.513. The molecule has 0 saturated heterocycles. The number of nitrogens with two attached hydrogens (primary N) is 1. The van der Waals surface area contributed by atoms with Gasteiger partial charge in [0.25, 0.3) is 0 Å². The van der Waals surface area contributed by atoms with Crippen molar-refractivity contribution in [1.82, 2.24) is 9.55 Å². The van der Waals surface area contributed by atoms with E-state index < -0.39 is 0 Å². The van der Waals surface area contributed by atoms with Crippen LogP contribution in [0, 0.1) is 5.92 Å². The maximum atomic E-state index is 6.14. The molecular formula is C15H21N3. The molecular weight excluding hydrogens is 222 g/mol. The quantitative estimate of drug-likeness (QED) is 0.877. The standard InChI is InChI=1S/C15H21N3/c1-12(2)15(16)14-6-9-18(11-14)8-5-13-4-3-7-17-10-13/h3-4,6-7,9-12,15H,5,8,16H2,1-2H3. The highest BCUT2D eigenvalue weighted by Gasteiger charge is 2.11. The van der Waals surface area contributed by atoms with E-state index in [1.165, 1.54) is 11.1 Å². The van der Waals surface area contributed by atoms with Crippen LogP contribution < -0.4 is 5.73 Å². The Morgan fingerprint density at radius 3 is 2.83 bits per heavy atom. The Morgan fingerprint density at radius 1 is 1.33 bits per heavy atom. The van der Waals surface area contributed by atoms with Gasteiger partial charge in [-0.2, -0.15) is 0 Å². The summed E-state index contributed by atoms with van der Waals surface area (Å²) in [6.07, 6.45) is 8.98. The van der Waals surface area contributed by atoms with Gasteiger partial charge < -0.3 is 10.3 Å². The minimum absolute atomic E-state index is 0.129. The van der Waals surface area contributed by atoms with Gasteiger partial charge in [0, 0.05) is 37.4 Å². The molecule has 3 heteroatoms. The molecule has 0 aliphatic carbocycles. The molecule has 0 spiro atoms. The monoisotopic (exact) mass is 243 g/mol. The summed E-state index contributed by atoms with van der Waals surface area (Å²) in [5, 5.41) is 0. The van der Waals surface area contributed by atoms with Crippen LogP contribution in [0.15, 0.2) is 43.0 Å². The van der Waals surface area contributed by atoms with E-state index in [1.54, 1.807) is 6.20 Å². The number of pyridine rings is 1. The van der Waals surface area contributed by atoms with Crippen LogP contribution >= 0.6 is 0 Å². The number of hydrogen-bond acceptors (Lipinski definition) is 2. The largest absolute Gasteiger partial charge is 0.354 e. The minimum Gasteiger partial charge on any atom is -0.354 e. The summed E-state index contributed by atoms with van der Waals surface area (Å²) >= 11 is 0. The van der Waals surface area contributed by atoms with Gasteiger partial charge in [0.05, 0.1) is 0 Å². The Balaban J connectivity index is 1.95. The van der Waals surface area contributed by atoms with Crippen molar-refractivity contribution in [3.05, 3.63) is 54.1 Å². The fourth-order valence-corrected chi connectivity index (χ4v) is 1.98. The normalized spacial score (nSPS) is 12.9. The van der Waals surface area contributed by atoms with E-state index in [2.05, 4.69) is 47.9 Å². The Hall–Kier alpha value is -1.61. The molecule has 0 saturated carbocycles. The average molecular weight is 243 g/mol. The van der Waals surface area contributed by atoms with E-state index in [0.29, 0.717) is 5.92 Å². The lowest BCUT2D eigenvalue weighted by atomic mass is 10.00. The van der Waals surface area contributed by atoms with E-state index in [0.717, 1.165) is 13.0 Å². The van der Waals surface area contributed by atoms with Gasteiger partial charge in [0.1, 0.15) is 0 Å². The molecule has 2 aromatic rings. The van der Waals surface area contributed by atoms with Crippen LogP contribution in [-0.4, -0.2) is 9.55 Å². The second kappa shape index (κ2) is 5.83. The van der Waals surface area contributed by atoms with Crippen molar-refractivity contribution in [2.75, 3.05) is 0 Å². The van der Waals surface area contributed by atoms with E-state index in [-0.39, 0.29) is 6.04 Å². The van der Waals surface area contributed by atoms with E-state index >= 15 is 0 Å².